The van der Waals surface area contributed by atoms with Gasteiger partial charge in [-0.15, -0.1) is 0 Å². The van der Waals surface area contributed by atoms with E-state index in [4.69, 9.17) is 0 Å². The molecule has 1 atom stereocenters. The number of anilines is 1. The van der Waals surface area contributed by atoms with Gasteiger partial charge < -0.3 is 10.2 Å². The van der Waals surface area contributed by atoms with Crippen LogP contribution >= 0.6 is 0 Å². The quantitative estimate of drug-likeness (QED) is 0.306. The third-order valence-electron chi connectivity index (χ3n) is 8.01. The first-order valence-electron chi connectivity index (χ1n) is 14.9. The number of hydrogen-bond acceptors (Lipinski definition) is 4. The van der Waals surface area contributed by atoms with Gasteiger partial charge in [-0.25, -0.2) is 8.42 Å². The molecule has 0 aliphatic heterocycles. The fraction of sp³-hybridized carbons (Fsp3) is 0.412. The van der Waals surface area contributed by atoms with Gasteiger partial charge in [0, 0.05) is 19.0 Å². The van der Waals surface area contributed by atoms with Crippen LogP contribution in [0.4, 0.5) is 5.69 Å². The van der Waals surface area contributed by atoms with Crippen LogP contribution < -0.4 is 9.62 Å². The van der Waals surface area contributed by atoms with Gasteiger partial charge in [-0.2, -0.15) is 0 Å². The zero-order valence-corrected chi connectivity index (χ0v) is 25.8. The van der Waals surface area contributed by atoms with Crippen molar-refractivity contribution in [2.75, 3.05) is 17.1 Å². The minimum absolute atomic E-state index is 0.0745. The maximum atomic E-state index is 14.2. The molecule has 0 aromatic heterocycles. The highest BCUT2D eigenvalue weighted by Crippen LogP contribution is 2.23. The third kappa shape index (κ3) is 8.68. The summed E-state index contributed by atoms with van der Waals surface area (Å²) in [5.74, 6) is -0.635. The smallest absolute Gasteiger partial charge is 0.244 e. The molecule has 7 nitrogen and oxygen atoms in total. The second kappa shape index (κ2) is 14.5. The van der Waals surface area contributed by atoms with Gasteiger partial charge in [-0.05, 0) is 55.0 Å². The molecule has 1 fully saturated rings. The van der Waals surface area contributed by atoms with Gasteiger partial charge >= 0.3 is 0 Å². The molecule has 4 rings (SSSR count). The molecule has 1 N–H and O–H groups in total. The molecule has 8 heteroatoms. The van der Waals surface area contributed by atoms with Crippen LogP contribution in [0.1, 0.15) is 61.3 Å². The molecule has 2 amide bonds. The summed E-state index contributed by atoms with van der Waals surface area (Å²) in [5, 5.41) is 3.23. The predicted octanol–water partition coefficient (Wildman–Crippen LogP) is 5.41. The van der Waals surface area contributed by atoms with Crippen LogP contribution in [0.15, 0.2) is 78.9 Å². The molecule has 3 aromatic rings. The Kier molecular flexibility index (Phi) is 10.8. The van der Waals surface area contributed by atoms with E-state index in [9.17, 15) is 18.0 Å². The van der Waals surface area contributed by atoms with Gasteiger partial charge in [0.25, 0.3) is 0 Å². The second-order valence-electron chi connectivity index (χ2n) is 11.3. The molecule has 1 saturated carbocycles. The Hall–Kier alpha value is -3.65. The average Bonchev–Trinajstić information content (AvgIpc) is 2.99. The minimum Gasteiger partial charge on any atom is -0.352 e. The first-order chi connectivity index (χ1) is 20.1. The number of aryl methyl sites for hydroxylation is 2. The van der Waals surface area contributed by atoms with Crippen LogP contribution in [-0.2, 0) is 39.0 Å². The van der Waals surface area contributed by atoms with Gasteiger partial charge in [0.1, 0.15) is 12.6 Å². The molecule has 0 heterocycles. The maximum Gasteiger partial charge on any atom is 0.244 e. The summed E-state index contributed by atoms with van der Waals surface area (Å²) in [6, 6.07) is 24.0. The fourth-order valence-electron chi connectivity index (χ4n) is 5.50. The summed E-state index contributed by atoms with van der Waals surface area (Å²) >= 11 is 0. The Morgan fingerprint density at radius 2 is 1.48 bits per heavy atom. The molecule has 0 spiro atoms. The van der Waals surface area contributed by atoms with Crippen LogP contribution in [0.3, 0.4) is 0 Å². The van der Waals surface area contributed by atoms with Crippen LogP contribution in [0.25, 0.3) is 0 Å². The van der Waals surface area contributed by atoms with Crippen molar-refractivity contribution >= 4 is 27.5 Å². The van der Waals surface area contributed by atoms with Gasteiger partial charge in [-0.1, -0.05) is 98.5 Å². The highest BCUT2D eigenvalue weighted by atomic mass is 32.2. The van der Waals surface area contributed by atoms with Crippen LogP contribution in [0.5, 0.6) is 0 Å². The Labute approximate surface area is 251 Å². The number of sulfonamides is 1. The van der Waals surface area contributed by atoms with E-state index in [-0.39, 0.29) is 18.5 Å². The number of amides is 2. The number of carbonyl (C=O) groups is 2. The molecule has 0 saturated heterocycles. The van der Waals surface area contributed by atoms with Crippen LogP contribution in [-0.4, -0.2) is 50.0 Å². The summed E-state index contributed by atoms with van der Waals surface area (Å²) in [6.45, 7) is 3.80. The van der Waals surface area contributed by atoms with Crippen molar-refractivity contribution in [3.05, 3.63) is 101 Å². The van der Waals surface area contributed by atoms with Gasteiger partial charge in [0.15, 0.2) is 0 Å². The number of benzene rings is 3. The zero-order valence-electron chi connectivity index (χ0n) is 25.0. The molecule has 224 valence electrons. The summed E-state index contributed by atoms with van der Waals surface area (Å²) in [4.78, 5) is 29.8. The molecular weight excluding hydrogens is 546 g/mol. The standard InChI is InChI=1S/C34H43N3O4S/c1-4-27-19-21-31(22-20-27)37(42(3,40)41)25-33(38)36(24-29-17-15-26(2)16-18-29)32(23-28-11-7-5-8-12-28)34(39)35-30-13-9-6-10-14-30/h5,7-8,11-12,15-22,30,32H,4,6,9-10,13-14,23-25H2,1-3H3,(H,35,39)/t32-/m0/s1. The monoisotopic (exact) mass is 589 g/mol. The second-order valence-corrected chi connectivity index (χ2v) is 13.3. The van der Waals surface area contributed by atoms with Crippen molar-refractivity contribution in [1.29, 1.82) is 0 Å². The summed E-state index contributed by atoms with van der Waals surface area (Å²) in [6.07, 6.45) is 7.40. The Balaban J connectivity index is 1.70. The van der Waals surface area contributed by atoms with E-state index >= 15 is 0 Å². The van der Waals surface area contributed by atoms with Crippen molar-refractivity contribution in [3.63, 3.8) is 0 Å². The van der Waals surface area contributed by atoms with Crippen molar-refractivity contribution in [2.24, 2.45) is 0 Å². The molecule has 0 unspecified atom stereocenters. The van der Waals surface area contributed by atoms with E-state index in [0.29, 0.717) is 12.1 Å². The topological polar surface area (TPSA) is 86.8 Å². The van der Waals surface area contributed by atoms with Crippen molar-refractivity contribution in [3.8, 4) is 0 Å². The lowest BCUT2D eigenvalue weighted by atomic mass is 9.94. The van der Waals surface area contributed by atoms with E-state index < -0.39 is 28.5 Å². The lowest BCUT2D eigenvalue weighted by Crippen LogP contribution is -2.55. The lowest BCUT2D eigenvalue weighted by Gasteiger charge is -2.35. The number of hydrogen-bond donors (Lipinski definition) is 1. The van der Waals surface area contributed by atoms with Crippen molar-refractivity contribution in [2.45, 2.75) is 77.4 Å². The number of rotatable bonds is 12. The van der Waals surface area contributed by atoms with Crippen LogP contribution in [0.2, 0.25) is 0 Å². The number of nitrogens with one attached hydrogen (secondary N) is 1. The lowest BCUT2D eigenvalue weighted by molar-refractivity contribution is -0.140. The Morgan fingerprint density at radius 3 is 2.07 bits per heavy atom. The van der Waals surface area contributed by atoms with Gasteiger partial charge in [-0.3, -0.25) is 13.9 Å². The highest BCUT2D eigenvalue weighted by Gasteiger charge is 2.34. The van der Waals surface area contributed by atoms with Gasteiger partial charge in [0.2, 0.25) is 21.8 Å². The maximum absolute atomic E-state index is 14.2. The van der Waals surface area contributed by atoms with E-state index in [1.807, 2.05) is 80.6 Å². The van der Waals surface area contributed by atoms with Crippen molar-refractivity contribution in [1.82, 2.24) is 10.2 Å². The third-order valence-corrected chi connectivity index (χ3v) is 9.15. The number of carbonyl (C=O) groups excluding carboxylic acids is 2. The molecule has 42 heavy (non-hydrogen) atoms. The molecule has 0 radical (unpaired) electrons. The molecular formula is C34H43N3O4S. The number of nitrogens with zero attached hydrogens (tertiary/aromatic N) is 2. The van der Waals surface area contributed by atoms with E-state index in [2.05, 4.69) is 5.32 Å². The normalized spacial score (nSPS) is 14.6. The van der Waals surface area contributed by atoms with Gasteiger partial charge in [0.05, 0.1) is 11.9 Å². The zero-order chi connectivity index (χ0) is 30.1. The van der Waals surface area contributed by atoms with E-state index in [1.165, 1.54) is 6.42 Å². The van der Waals surface area contributed by atoms with Crippen molar-refractivity contribution < 1.29 is 18.0 Å². The Bertz CT molecular complexity index is 1420. The molecule has 1 aliphatic carbocycles. The summed E-state index contributed by atoms with van der Waals surface area (Å²) < 4.78 is 27.1. The van der Waals surface area contributed by atoms with E-state index in [1.54, 1.807) is 17.0 Å². The van der Waals surface area contributed by atoms with Crippen LogP contribution in [0, 0.1) is 6.92 Å². The first kappa shape index (κ1) is 31.3. The minimum atomic E-state index is -3.79. The molecule has 3 aromatic carbocycles. The molecule has 1 aliphatic rings. The highest BCUT2D eigenvalue weighted by molar-refractivity contribution is 7.92. The first-order valence-corrected chi connectivity index (χ1v) is 16.7. The SMILES string of the molecule is CCc1ccc(N(CC(=O)N(Cc2ccc(C)cc2)[C@@H](Cc2ccccc2)C(=O)NC2CCCCC2)S(C)(=O)=O)cc1. The largest absolute Gasteiger partial charge is 0.352 e. The predicted molar refractivity (Wildman–Crippen MR) is 169 cm³/mol. The average molecular weight is 590 g/mol. The summed E-state index contributed by atoms with van der Waals surface area (Å²) in [5.41, 5.74) is 4.38. The Morgan fingerprint density at radius 1 is 0.857 bits per heavy atom. The fourth-order valence-corrected chi connectivity index (χ4v) is 6.35. The summed E-state index contributed by atoms with van der Waals surface area (Å²) in [7, 11) is -3.79. The molecule has 0 bridgehead atoms. The van der Waals surface area contributed by atoms with E-state index in [0.717, 1.165) is 64.9 Å².